The molecular formula is C66H113NO10. The molecule has 77 heavy (non-hydrogen) atoms. The number of carbonyl (C=O) groups excluding carboxylic acids is 2. The van der Waals surface area contributed by atoms with Crippen molar-refractivity contribution < 1.29 is 49.3 Å². The molecule has 0 aromatic rings. The molecular weight excluding hydrogens is 967 g/mol. The first-order valence-corrected chi connectivity index (χ1v) is 31.0. The molecule has 8 unspecified atom stereocenters. The third kappa shape index (κ3) is 41.3. The van der Waals surface area contributed by atoms with Crippen LogP contribution in [0, 0.1) is 0 Å². The Morgan fingerprint density at radius 3 is 1.40 bits per heavy atom. The van der Waals surface area contributed by atoms with Gasteiger partial charge in [-0.2, -0.15) is 0 Å². The lowest BCUT2D eigenvalue weighted by Gasteiger charge is -2.41. The molecule has 0 aliphatic carbocycles. The van der Waals surface area contributed by atoms with Crippen LogP contribution < -0.4 is 5.32 Å². The Balaban J connectivity index is 2.71. The van der Waals surface area contributed by atoms with E-state index in [1.807, 2.05) is 18.2 Å². The van der Waals surface area contributed by atoms with Gasteiger partial charge < -0.3 is 45.1 Å². The summed E-state index contributed by atoms with van der Waals surface area (Å²) in [5, 5.41) is 56.9. The predicted octanol–water partition coefficient (Wildman–Crippen LogP) is 14.7. The second-order valence-corrected chi connectivity index (χ2v) is 21.0. The van der Waals surface area contributed by atoms with Gasteiger partial charge >= 0.3 is 5.97 Å². The quantitative estimate of drug-likeness (QED) is 0.0195. The molecule has 1 fully saturated rings. The molecule has 11 nitrogen and oxygen atoms in total. The standard InChI is InChI=1S/C66H113NO10/c1-4-7-10-13-16-19-22-25-26-27-28-29-30-31-32-33-36-38-41-44-47-50-53-59(70)65(74)67-57(58(69)52-49-46-43-40-37-34-23-20-17-14-11-8-5-2)56-75-66-64(63(73)62(72)60(55-68)76-66)77-61(71)54-51-48-45-42-39-35-24-21-18-15-12-9-6-3/h7,10,16,19,25-26,28-29,31-32,35,39,45,48-49,52,57-60,62-64,66,68-70,72-73H,4-6,8-9,11-15,17-18,20-24,27,30,33-34,36-38,40-44,46-47,50-51,53-56H2,1-3H3,(H,67,74)/b10-7-,19-16-,26-25-,29-28-,32-31-,39-35-,48-45+,52-49+. The average molecular weight is 1080 g/mol. The second-order valence-electron chi connectivity index (χ2n) is 21.0. The lowest BCUT2D eigenvalue weighted by Crippen LogP contribution is -2.61. The number of rotatable bonds is 51. The number of nitrogens with one attached hydrogen (secondary N) is 1. The number of esters is 1. The molecule has 1 aliphatic rings. The summed E-state index contributed by atoms with van der Waals surface area (Å²) in [7, 11) is 0. The van der Waals surface area contributed by atoms with Crippen LogP contribution in [-0.4, -0.2) is 99.6 Å². The van der Waals surface area contributed by atoms with E-state index in [1.54, 1.807) is 6.08 Å². The Morgan fingerprint density at radius 2 is 0.935 bits per heavy atom. The molecule has 0 aromatic carbocycles. The van der Waals surface area contributed by atoms with Crippen molar-refractivity contribution in [3.63, 3.8) is 0 Å². The van der Waals surface area contributed by atoms with Crippen molar-refractivity contribution in [2.45, 2.75) is 294 Å². The fourth-order valence-electron chi connectivity index (χ4n) is 9.08. The molecule has 0 aromatic heterocycles. The minimum absolute atomic E-state index is 0.0124. The molecule has 1 heterocycles. The van der Waals surface area contributed by atoms with E-state index in [0.717, 1.165) is 109 Å². The lowest BCUT2D eigenvalue weighted by atomic mass is 9.99. The summed E-state index contributed by atoms with van der Waals surface area (Å²) in [4.78, 5) is 26.5. The van der Waals surface area contributed by atoms with Crippen LogP contribution in [0.3, 0.4) is 0 Å². The van der Waals surface area contributed by atoms with Crippen molar-refractivity contribution in [3.8, 4) is 0 Å². The molecule has 6 N–H and O–H groups in total. The summed E-state index contributed by atoms with van der Waals surface area (Å²) >= 11 is 0. The number of hydrogen-bond acceptors (Lipinski definition) is 10. The van der Waals surface area contributed by atoms with E-state index in [2.05, 4.69) is 99.0 Å². The fraction of sp³-hybridized carbons (Fsp3) is 0.727. The summed E-state index contributed by atoms with van der Waals surface area (Å²) in [6, 6.07) is -1.05. The molecule has 1 saturated heterocycles. The molecule has 0 bridgehead atoms. The van der Waals surface area contributed by atoms with Crippen LogP contribution in [-0.2, 0) is 23.8 Å². The third-order valence-electron chi connectivity index (χ3n) is 14.0. The van der Waals surface area contributed by atoms with Gasteiger partial charge in [0.25, 0.3) is 0 Å². The molecule has 0 saturated carbocycles. The minimum atomic E-state index is -1.64. The number of allylic oxidation sites excluding steroid dienone is 15. The van der Waals surface area contributed by atoms with E-state index >= 15 is 0 Å². The summed E-state index contributed by atoms with van der Waals surface area (Å²) in [6.45, 7) is 5.62. The maximum Gasteiger partial charge on any atom is 0.306 e. The van der Waals surface area contributed by atoms with Crippen molar-refractivity contribution in [1.82, 2.24) is 5.32 Å². The number of amides is 1. The molecule has 442 valence electrons. The van der Waals surface area contributed by atoms with Crippen LogP contribution in [0.15, 0.2) is 97.2 Å². The monoisotopic (exact) mass is 1080 g/mol. The van der Waals surface area contributed by atoms with Gasteiger partial charge in [0.2, 0.25) is 5.91 Å². The van der Waals surface area contributed by atoms with Gasteiger partial charge in [0.1, 0.15) is 24.4 Å². The smallest absolute Gasteiger partial charge is 0.306 e. The Morgan fingerprint density at radius 1 is 0.519 bits per heavy atom. The summed E-state index contributed by atoms with van der Waals surface area (Å²) in [6.07, 6.45) is 60.3. The highest BCUT2D eigenvalue weighted by molar-refractivity contribution is 5.80. The van der Waals surface area contributed by atoms with Gasteiger partial charge in [-0.3, -0.25) is 9.59 Å². The van der Waals surface area contributed by atoms with E-state index in [1.165, 1.54) is 89.9 Å². The Labute approximate surface area is 469 Å². The van der Waals surface area contributed by atoms with Crippen LogP contribution in [0.5, 0.6) is 0 Å². The summed E-state index contributed by atoms with van der Waals surface area (Å²) < 4.78 is 17.5. The zero-order chi connectivity index (χ0) is 56.1. The van der Waals surface area contributed by atoms with Gasteiger partial charge in [0, 0.05) is 6.42 Å². The Hall–Kier alpha value is -3.42. The van der Waals surface area contributed by atoms with Gasteiger partial charge in [-0.15, -0.1) is 0 Å². The predicted molar refractivity (Wildman–Crippen MR) is 319 cm³/mol. The van der Waals surface area contributed by atoms with Crippen molar-refractivity contribution in [3.05, 3.63) is 97.2 Å². The molecule has 1 rings (SSSR count). The maximum atomic E-state index is 13.4. The largest absolute Gasteiger partial charge is 0.454 e. The van der Waals surface area contributed by atoms with E-state index in [4.69, 9.17) is 14.2 Å². The highest BCUT2D eigenvalue weighted by Gasteiger charge is 2.47. The van der Waals surface area contributed by atoms with Crippen molar-refractivity contribution in [2.24, 2.45) is 0 Å². The van der Waals surface area contributed by atoms with Crippen molar-refractivity contribution in [2.75, 3.05) is 13.2 Å². The van der Waals surface area contributed by atoms with Gasteiger partial charge in [-0.25, -0.2) is 0 Å². The minimum Gasteiger partial charge on any atom is -0.454 e. The molecule has 1 aliphatic heterocycles. The van der Waals surface area contributed by atoms with E-state index in [0.29, 0.717) is 12.8 Å². The van der Waals surface area contributed by atoms with Gasteiger partial charge in [0.15, 0.2) is 12.4 Å². The van der Waals surface area contributed by atoms with Crippen molar-refractivity contribution >= 4 is 11.9 Å². The van der Waals surface area contributed by atoms with Gasteiger partial charge in [-0.05, 0) is 89.9 Å². The SMILES string of the molecule is CC/C=C\C/C=C\C/C=C\C/C=C\C/C=C\CCCCCCCCC(O)C(=O)NC(COC1OC(CO)C(O)C(O)C1OC(=O)CC/C=C/C/C=C\CCCCCCCC)C(O)/C=C/CCCCCCCCCCCCC. The van der Waals surface area contributed by atoms with Crippen LogP contribution in [0.25, 0.3) is 0 Å². The summed E-state index contributed by atoms with van der Waals surface area (Å²) in [5.74, 6) is -1.28. The molecule has 0 spiro atoms. The first-order chi connectivity index (χ1) is 37.7. The van der Waals surface area contributed by atoms with Crippen LogP contribution in [0.2, 0.25) is 0 Å². The number of hydrogen-bond donors (Lipinski definition) is 6. The van der Waals surface area contributed by atoms with Gasteiger partial charge in [-0.1, -0.05) is 246 Å². The zero-order valence-electron chi connectivity index (χ0n) is 48.8. The third-order valence-corrected chi connectivity index (χ3v) is 14.0. The summed E-state index contributed by atoms with van der Waals surface area (Å²) in [5.41, 5.74) is 0. The maximum absolute atomic E-state index is 13.4. The first-order valence-electron chi connectivity index (χ1n) is 31.0. The number of aliphatic hydroxyl groups is 5. The second kappa shape index (κ2) is 53.2. The Kier molecular flexibility index (Phi) is 49.5. The molecule has 8 atom stereocenters. The number of ether oxygens (including phenoxy) is 3. The number of carbonyl (C=O) groups is 2. The topological polar surface area (TPSA) is 175 Å². The van der Waals surface area contributed by atoms with E-state index < -0.39 is 67.4 Å². The molecule has 11 heteroatoms. The van der Waals surface area contributed by atoms with Crippen LogP contribution >= 0.6 is 0 Å². The zero-order valence-corrected chi connectivity index (χ0v) is 48.8. The van der Waals surface area contributed by atoms with Gasteiger partial charge in [0.05, 0.1) is 25.4 Å². The average Bonchev–Trinajstić information content (AvgIpc) is 3.43. The van der Waals surface area contributed by atoms with E-state index in [9.17, 15) is 35.1 Å². The fourth-order valence-corrected chi connectivity index (χ4v) is 9.08. The Bertz CT molecular complexity index is 1620. The van der Waals surface area contributed by atoms with Crippen LogP contribution in [0.4, 0.5) is 0 Å². The molecule has 1 amide bonds. The van der Waals surface area contributed by atoms with E-state index in [-0.39, 0.29) is 19.4 Å². The number of unbranched alkanes of at least 4 members (excludes halogenated alkanes) is 23. The first kappa shape index (κ1) is 71.6. The highest BCUT2D eigenvalue weighted by Crippen LogP contribution is 2.26. The highest BCUT2D eigenvalue weighted by atomic mass is 16.7. The lowest BCUT2D eigenvalue weighted by molar-refractivity contribution is -0.305. The van der Waals surface area contributed by atoms with Crippen LogP contribution in [0.1, 0.15) is 245 Å². The van der Waals surface area contributed by atoms with Crippen molar-refractivity contribution in [1.29, 1.82) is 0 Å². The molecule has 0 radical (unpaired) electrons. The number of aliphatic hydroxyl groups excluding tert-OH is 5. The normalized spacial score (nSPS) is 19.7.